The van der Waals surface area contributed by atoms with Crippen LogP contribution in [0.15, 0.2) is 30.6 Å². The van der Waals surface area contributed by atoms with Crippen LogP contribution in [0.3, 0.4) is 0 Å². The van der Waals surface area contributed by atoms with Gasteiger partial charge < -0.3 is 10.1 Å². The molecular weight excluding hydrogens is 524 g/mol. The van der Waals surface area contributed by atoms with Crippen molar-refractivity contribution < 1.29 is 23.7 Å². The summed E-state index contributed by atoms with van der Waals surface area (Å²) in [7, 11) is 0. The van der Waals surface area contributed by atoms with Crippen LogP contribution in [-0.2, 0) is 25.7 Å². The van der Waals surface area contributed by atoms with Crippen molar-refractivity contribution in [2.45, 2.75) is 162 Å². The van der Waals surface area contributed by atoms with E-state index >= 15 is 0 Å². The third-order valence-corrected chi connectivity index (χ3v) is 8.08. The maximum atomic E-state index is 12.8. The second-order valence-electron chi connectivity index (χ2n) is 11.9. The van der Waals surface area contributed by atoms with E-state index in [1.807, 2.05) is 6.07 Å². The molecule has 0 fully saturated rings. The van der Waals surface area contributed by atoms with Crippen molar-refractivity contribution in [2.75, 3.05) is 13.2 Å². The highest BCUT2D eigenvalue weighted by atomic mass is 16.5. The number of ether oxygens (including phenoxy) is 1. The van der Waals surface area contributed by atoms with E-state index in [0.29, 0.717) is 32.4 Å². The number of aromatic nitrogens is 1. The number of hydrogen-bond acceptors (Lipinski definition) is 4. The van der Waals surface area contributed by atoms with Crippen molar-refractivity contribution >= 4 is 17.7 Å². The fraction of sp³-hybridized carbons (Fsp3) is 0.778. The Balaban J connectivity index is 2.07. The van der Waals surface area contributed by atoms with E-state index in [-0.39, 0.29) is 17.7 Å². The molecule has 6 nitrogen and oxygen atoms in total. The average molecular weight is 588 g/mol. The van der Waals surface area contributed by atoms with Gasteiger partial charge in [-0.2, -0.15) is 0 Å². The highest BCUT2D eigenvalue weighted by molar-refractivity contribution is 5.98. The molecule has 1 rings (SSSR count). The van der Waals surface area contributed by atoms with Crippen molar-refractivity contribution in [1.29, 1.82) is 0 Å². The Labute approximate surface area is 257 Å². The first-order valence-electron chi connectivity index (χ1n) is 17.5. The van der Waals surface area contributed by atoms with Crippen LogP contribution < -0.4 is 9.88 Å². The Hall–Kier alpha value is -2.24. The molecule has 1 aromatic heterocycles. The van der Waals surface area contributed by atoms with E-state index in [4.69, 9.17) is 4.74 Å². The summed E-state index contributed by atoms with van der Waals surface area (Å²) >= 11 is 0. The topological polar surface area (TPSA) is 76.4 Å². The molecule has 0 aliphatic heterocycles. The highest BCUT2D eigenvalue weighted by Crippen LogP contribution is 2.17. The lowest BCUT2D eigenvalue weighted by Gasteiger charge is -2.15. The van der Waals surface area contributed by atoms with Crippen LogP contribution >= 0.6 is 0 Å². The Morgan fingerprint density at radius 1 is 0.643 bits per heavy atom. The number of ketones is 1. The Bertz CT molecular complexity index is 799. The standard InChI is InChI=1S/C36H62N2O4/c1-3-5-6-7-8-9-13-16-20-28-35(40)37-29-22-21-26-33(36(41)42-4-2)34(39)27-19-15-12-10-11-14-17-23-30-38-31-24-18-25-32-38/h18,24-25,31-33H,3-17,19-23,26-30H2,1-2H3/p+1/t33-/m0/s1. The van der Waals surface area contributed by atoms with Crippen LogP contribution in [0.5, 0.6) is 0 Å². The van der Waals surface area contributed by atoms with Crippen LogP contribution in [0, 0.1) is 5.92 Å². The van der Waals surface area contributed by atoms with E-state index in [9.17, 15) is 14.4 Å². The maximum absolute atomic E-state index is 12.8. The minimum absolute atomic E-state index is 0.0151. The fourth-order valence-corrected chi connectivity index (χ4v) is 5.45. The number of nitrogens with zero attached hydrogens (tertiary/aromatic N) is 1. The zero-order valence-corrected chi connectivity index (χ0v) is 27.2. The van der Waals surface area contributed by atoms with Gasteiger partial charge in [0, 0.05) is 37.9 Å². The van der Waals surface area contributed by atoms with Gasteiger partial charge in [0.2, 0.25) is 5.91 Å². The van der Waals surface area contributed by atoms with E-state index in [2.05, 4.69) is 41.3 Å². The smallest absolute Gasteiger partial charge is 0.316 e. The minimum Gasteiger partial charge on any atom is -0.465 e. The Kier molecular flexibility index (Phi) is 24.8. The van der Waals surface area contributed by atoms with Gasteiger partial charge in [-0.05, 0) is 39.0 Å². The number of pyridine rings is 1. The Morgan fingerprint density at radius 2 is 1.19 bits per heavy atom. The van der Waals surface area contributed by atoms with Crippen molar-refractivity contribution in [2.24, 2.45) is 5.92 Å². The van der Waals surface area contributed by atoms with Gasteiger partial charge in [0.25, 0.3) is 0 Å². The number of aryl methyl sites for hydroxylation is 1. The van der Waals surface area contributed by atoms with Crippen molar-refractivity contribution in [3.05, 3.63) is 30.6 Å². The number of carbonyl (C=O) groups is 3. The molecule has 0 radical (unpaired) electrons. The summed E-state index contributed by atoms with van der Waals surface area (Å²) in [5, 5.41) is 3.00. The molecule has 42 heavy (non-hydrogen) atoms. The second kappa shape index (κ2) is 27.6. The number of hydrogen-bond donors (Lipinski definition) is 1. The normalized spacial score (nSPS) is 11.8. The lowest BCUT2D eigenvalue weighted by molar-refractivity contribution is -0.697. The van der Waals surface area contributed by atoms with E-state index in [1.165, 1.54) is 77.0 Å². The monoisotopic (exact) mass is 587 g/mol. The minimum atomic E-state index is -0.662. The summed E-state index contributed by atoms with van der Waals surface area (Å²) in [6.07, 6.45) is 27.7. The lowest BCUT2D eigenvalue weighted by Crippen LogP contribution is -2.32. The van der Waals surface area contributed by atoms with Crippen LogP contribution in [0.25, 0.3) is 0 Å². The first-order chi connectivity index (χ1) is 20.6. The Morgan fingerprint density at radius 3 is 1.79 bits per heavy atom. The molecule has 0 saturated heterocycles. The van der Waals surface area contributed by atoms with E-state index in [1.54, 1.807) is 6.92 Å². The molecule has 1 amide bonds. The largest absolute Gasteiger partial charge is 0.465 e. The van der Waals surface area contributed by atoms with Gasteiger partial charge in [0.05, 0.1) is 6.61 Å². The first-order valence-corrected chi connectivity index (χ1v) is 17.5. The van der Waals surface area contributed by atoms with Gasteiger partial charge in [-0.15, -0.1) is 0 Å². The molecule has 1 aromatic rings. The molecule has 0 bridgehead atoms. The summed E-state index contributed by atoms with van der Waals surface area (Å²) in [6, 6.07) is 6.19. The number of Topliss-reactive ketones (excluding diaryl/α,β-unsaturated/α-hetero) is 1. The number of nitrogens with one attached hydrogen (secondary N) is 1. The van der Waals surface area contributed by atoms with Crippen molar-refractivity contribution in [3.8, 4) is 0 Å². The molecule has 0 unspecified atom stereocenters. The first kappa shape index (κ1) is 37.8. The van der Waals surface area contributed by atoms with Crippen molar-refractivity contribution in [3.63, 3.8) is 0 Å². The molecule has 0 aliphatic rings. The third-order valence-electron chi connectivity index (χ3n) is 8.08. The van der Waals surface area contributed by atoms with Gasteiger partial charge in [-0.3, -0.25) is 14.4 Å². The summed E-state index contributed by atoms with van der Waals surface area (Å²) in [4.78, 5) is 37.4. The highest BCUT2D eigenvalue weighted by Gasteiger charge is 2.26. The SMILES string of the molecule is CCCCCCCCCCCC(=O)NCCCC[C@@H](C(=O)CCCCCCCCCC[n+]1ccccc1)C(=O)OCC. The molecule has 0 aliphatic carbocycles. The van der Waals surface area contributed by atoms with Crippen LogP contribution in [-0.4, -0.2) is 30.8 Å². The maximum Gasteiger partial charge on any atom is 0.316 e. The number of esters is 1. The lowest BCUT2D eigenvalue weighted by atomic mass is 9.93. The number of amides is 1. The zero-order chi connectivity index (χ0) is 30.5. The predicted octanol–water partition coefficient (Wildman–Crippen LogP) is 8.44. The van der Waals surface area contributed by atoms with Gasteiger partial charge in [-0.1, -0.05) is 103 Å². The van der Waals surface area contributed by atoms with E-state index < -0.39 is 5.92 Å². The van der Waals surface area contributed by atoms with Gasteiger partial charge in [0.1, 0.15) is 18.2 Å². The van der Waals surface area contributed by atoms with Gasteiger partial charge in [-0.25, -0.2) is 4.57 Å². The van der Waals surface area contributed by atoms with Crippen LogP contribution in [0.2, 0.25) is 0 Å². The molecule has 1 atom stereocenters. The third kappa shape index (κ3) is 21.5. The van der Waals surface area contributed by atoms with Crippen LogP contribution in [0.4, 0.5) is 0 Å². The number of unbranched alkanes of at least 4 members (excludes halogenated alkanes) is 16. The summed E-state index contributed by atoms with van der Waals surface area (Å²) in [6.45, 7) is 6.00. The molecule has 1 N–H and O–H groups in total. The van der Waals surface area contributed by atoms with Gasteiger partial charge >= 0.3 is 5.97 Å². The molecule has 0 spiro atoms. The second-order valence-corrected chi connectivity index (χ2v) is 11.9. The fourth-order valence-electron chi connectivity index (χ4n) is 5.45. The quantitative estimate of drug-likeness (QED) is 0.0442. The summed E-state index contributed by atoms with van der Waals surface area (Å²) in [5.74, 6) is -0.918. The predicted molar refractivity (Wildman–Crippen MR) is 172 cm³/mol. The molecule has 1 heterocycles. The molecular formula is C36H63N2O4+. The average Bonchev–Trinajstić information content (AvgIpc) is 2.99. The molecule has 240 valence electrons. The van der Waals surface area contributed by atoms with Gasteiger partial charge in [0.15, 0.2) is 12.4 Å². The summed E-state index contributed by atoms with van der Waals surface area (Å²) < 4.78 is 7.44. The molecule has 0 saturated carbocycles. The van der Waals surface area contributed by atoms with Crippen molar-refractivity contribution in [1.82, 2.24) is 5.32 Å². The van der Waals surface area contributed by atoms with E-state index in [0.717, 1.165) is 51.5 Å². The molecule has 6 heteroatoms. The zero-order valence-electron chi connectivity index (χ0n) is 27.2. The summed E-state index contributed by atoms with van der Waals surface area (Å²) in [5.41, 5.74) is 0. The molecule has 0 aromatic carbocycles. The number of carbonyl (C=O) groups excluding carboxylic acids is 3. The van der Waals surface area contributed by atoms with Crippen LogP contribution in [0.1, 0.15) is 155 Å². The number of rotatable bonds is 29.